The fraction of sp³-hybridized carbons (Fsp3) is 0.462. The van der Waals surface area contributed by atoms with Crippen molar-refractivity contribution in [1.29, 1.82) is 0 Å². The lowest BCUT2D eigenvalue weighted by atomic mass is 10.2. The molecule has 0 spiro atoms. The van der Waals surface area contributed by atoms with Gasteiger partial charge < -0.3 is 10.1 Å². The summed E-state index contributed by atoms with van der Waals surface area (Å²) in [7, 11) is 0. The first kappa shape index (κ1) is 12.7. The summed E-state index contributed by atoms with van der Waals surface area (Å²) < 4.78 is 5.13. The average Bonchev–Trinajstić information content (AvgIpc) is 2.27. The van der Waals surface area contributed by atoms with Crippen molar-refractivity contribution in [3.05, 3.63) is 35.9 Å². The van der Waals surface area contributed by atoms with Crippen molar-refractivity contribution in [2.45, 2.75) is 32.9 Å². The molecule has 90 valence electrons. The quantitative estimate of drug-likeness (QED) is 0.752. The van der Waals surface area contributed by atoms with E-state index in [1.165, 1.54) is 0 Å². The molecule has 0 aliphatic rings. The van der Waals surface area contributed by atoms with Crippen LogP contribution in [0.15, 0.2) is 30.3 Å². The van der Waals surface area contributed by atoms with Gasteiger partial charge in [0.15, 0.2) is 0 Å². The minimum absolute atomic E-state index is 0. The Labute approximate surface area is 98.3 Å². The summed E-state index contributed by atoms with van der Waals surface area (Å²) in [6.45, 7) is 5.14. The van der Waals surface area contributed by atoms with Crippen molar-refractivity contribution in [2.24, 2.45) is 0 Å². The number of carbonyl (C=O) groups is 1. The highest BCUT2D eigenvalue weighted by atomic mass is 16.5. The first-order valence-corrected chi connectivity index (χ1v) is 5.61. The second kappa shape index (κ2) is 7.01. The van der Waals surface area contributed by atoms with Gasteiger partial charge in [0.25, 0.3) is 0 Å². The Morgan fingerprint density at radius 1 is 1.38 bits per heavy atom. The number of carbonyl (C=O) groups excluding carboxylic acids is 1. The number of esters is 1. The standard InChI is InChI=1S/C13H19NO2.H2/c1-11(2)14-9-8-13(15)16-10-12-6-4-3-5-7-12;/h3-7,11,14H,8-10H2,1-2H3;1H. The molecule has 0 aromatic heterocycles. The molecule has 0 bridgehead atoms. The molecule has 0 radical (unpaired) electrons. The van der Waals surface area contributed by atoms with E-state index in [1.54, 1.807) is 0 Å². The molecule has 16 heavy (non-hydrogen) atoms. The van der Waals surface area contributed by atoms with Gasteiger partial charge in [0.05, 0.1) is 6.42 Å². The number of ether oxygens (including phenoxy) is 1. The molecule has 0 atom stereocenters. The van der Waals surface area contributed by atoms with Crippen LogP contribution in [0.25, 0.3) is 0 Å². The van der Waals surface area contributed by atoms with E-state index in [2.05, 4.69) is 19.2 Å². The third-order valence-electron chi connectivity index (χ3n) is 2.12. The zero-order valence-corrected chi connectivity index (χ0v) is 9.90. The minimum Gasteiger partial charge on any atom is -0.461 e. The highest BCUT2D eigenvalue weighted by molar-refractivity contribution is 5.69. The fourth-order valence-electron chi connectivity index (χ4n) is 1.27. The van der Waals surface area contributed by atoms with Crippen LogP contribution in [0, 0.1) is 0 Å². The van der Waals surface area contributed by atoms with Gasteiger partial charge >= 0.3 is 5.97 Å². The predicted octanol–water partition coefficient (Wildman–Crippen LogP) is 2.36. The maximum atomic E-state index is 11.3. The van der Waals surface area contributed by atoms with Crippen molar-refractivity contribution >= 4 is 5.97 Å². The van der Waals surface area contributed by atoms with E-state index in [1.807, 2.05) is 30.3 Å². The SMILES string of the molecule is CC(C)NCCC(=O)OCc1ccccc1.[HH]. The topological polar surface area (TPSA) is 38.3 Å². The molecule has 3 nitrogen and oxygen atoms in total. The second-order valence-electron chi connectivity index (χ2n) is 4.01. The molecule has 1 N–H and O–H groups in total. The maximum Gasteiger partial charge on any atom is 0.307 e. The van der Waals surface area contributed by atoms with Crippen LogP contribution in [0.5, 0.6) is 0 Å². The molecule has 3 heteroatoms. The van der Waals surface area contributed by atoms with Crippen molar-refractivity contribution < 1.29 is 11.0 Å². The monoisotopic (exact) mass is 223 g/mol. The van der Waals surface area contributed by atoms with Crippen LogP contribution in [0.3, 0.4) is 0 Å². The molecule has 0 aliphatic heterocycles. The van der Waals surface area contributed by atoms with Crippen LogP contribution in [0.2, 0.25) is 0 Å². The Hall–Kier alpha value is -1.35. The summed E-state index contributed by atoms with van der Waals surface area (Å²) in [4.78, 5) is 11.3. The number of nitrogens with one attached hydrogen (secondary N) is 1. The van der Waals surface area contributed by atoms with E-state index in [0.717, 1.165) is 5.56 Å². The lowest BCUT2D eigenvalue weighted by Crippen LogP contribution is -2.25. The smallest absolute Gasteiger partial charge is 0.307 e. The summed E-state index contributed by atoms with van der Waals surface area (Å²) in [5.74, 6) is -0.156. The van der Waals surface area contributed by atoms with Crippen LogP contribution in [0.1, 0.15) is 27.3 Å². The van der Waals surface area contributed by atoms with Gasteiger partial charge in [-0.15, -0.1) is 0 Å². The van der Waals surface area contributed by atoms with E-state index < -0.39 is 0 Å². The van der Waals surface area contributed by atoms with E-state index in [9.17, 15) is 4.79 Å². The van der Waals surface area contributed by atoms with Crippen molar-refractivity contribution in [2.75, 3.05) is 6.54 Å². The Morgan fingerprint density at radius 3 is 2.69 bits per heavy atom. The number of rotatable bonds is 6. The van der Waals surface area contributed by atoms with E-state index >= 15 is 0 Å². The normalized spacial score (nSPS) is 10.4. The van der Waals surface area contributed by atoms with Crippen LogP contribution in [-0.2, 0) is 16.1 Å². The lowest BCUT2D eigenvalue weighted by Gasteiger charge is -2.08. The summed E-state index contributed by atoms with van der Waals surface area (Å²) in [6, 6.07) is 10.1. The van der Waals surface area contributed by atoms with Crippen LogP contribution in [0.4, 0.5) is 0 Å². The van der Waals surface area contributed by atoms with Crippen molar-refractivity contribution in [3.63, 3.8) is 0 Å². The molecule has 0 heterocycles. The van der Waals surface area contributed by atoms with Crippen LogP contribution < -0.4 is 5.32 Å². The number of hydrogen-bond donors (Lipinski definition) is 1. The maximum absolute atomic E-state index is 11.3. The molecule has 0 saturated carbocycles. The van der Waals surface area contributed by atoms with Gasteiger partial charge in [-0.2, -0.15) is 0 Å². The predicted molar refractivity (Wildman–Crippen MR) is 66.1 cm³/mol. The third kappa shape index (κ3) is 5.51. The van der Waals surface area contributed by atoms with Crippen LogP contribution in [-0.4, -0.2) is 18.6 Å². The number of hydrogen-bond acceptors (Lipinski definition) is 3. The van der Waals surface area contributed by atoms with Gasteiger partial charge in [0.1, 0.15) is 6.61 Å². The molecule has 0 unspecified atom stereocenters. The van der Waals surface area contributed by atoms with Crippen molar-refractivity contribution in [3.8, 4) is 0 Å². The fourth-order valence-corrected chi connectivity index (χ4v) is 1.27. The van der Waals surface area contributed by atoms with Gasteiger partial charge in [0, 0.05) is 14.0 Å². The Kier molecular flexibility index (Phi) is 5.57. The first-order valence-electron chi connectivity index (χ1n) is 5.61. The zero-order chi connectivity index (χ0) is 11.8. The summed E-state index contributed by atoms with van der Waals surface area (Å²) in [6.07, 6.45) is 0.422. The van der Waals surface area contributed by atoms with E-state index in [-0.39, 0.29) is 7.40 Å². The molecular formula is C13H21NO2. The summed E-state index contributed by atoms with van der Waals surface area (Å²) >= 11 is 0. The summed E-state index contributed by atoms with van der Waals surface area (Å²) in [5.41, 5.74) is 1.02. The molecule has 1 aromatic carbocycles. The van der Waals surface area contributed by atoms with Crippen molar-refractivity contribution in [1.82, 2.24) is 5.32 Å². The summed E-state index contributed by atoms with van der Waals surface area (Å²) in [5, 5.41) is 3.17. The van der Waals surface area contributed by atoms with E-state index in [0.29, 0.717) is 25.6 Å². The number of benzene rings is 1. The Morgan fingerprint density at radius 2 is 2.06 bits per heavy atom. The lowest BCUT2D eigenvalue weighted by molar-refractivity contribution is -0.144. The molecule has 1 rings (SSSR count). The minimum atomic E-state index is -0.156. The highest BCUT2D eigenvalue weighted by Gasteiger charge is 2.03. The van der Waals surface area contributed by atoms with E-state index in [4.69, 9.17) is 4.74 Å². The molecule has 0 aliphatic carbocycles. The van der Waals surface area contributed by atoms with Gasteiger partial charge in [-0.25, -0.2) is 0 Å². The Balaban J connectivity index is 0.00000256. The molecular weight excluding hydrogens is 202 g/mol. The van der Waals surface area contributed by atoms with Gasteiger partial charge in [-0.1, -0.05) is 44.2 Å². The molecule has 0 amide bonds. The average molecular weight is 223 g/mol. The van der Waals surface area contributed by atoms with Gasteiger partial charge in [-0.3, -0.25) is 4.79 Å². The van der Waals surface area contributed by atoms with Gasteiger partial charge in [-0.05, 0) is 5.56 Å². The largest absolute Gasteiger partial charge is 0.461 e. The second-order valence-corrected chi connectivity index (χ2v) is 4.01. The molecule has 0 fully saturated rings. The third-order valence-corrected chi connectivity index (χ3v) is 2.12. The molecule has 1 aromatic rings. The molecule has 0 saturated heterocycles. The Bertz CT molecular complexity index is 314. The first-order chi connectivity index (χ1) is 7.68. The highest BCUT2D eigenvalue weighted by Crippen LogP contribution is 2.01. The van der Waals surface area contributed by atoms with Gasteiger partial charge in [0.2, 0.25) is 0 Å². The zero-order valence-electron chi connectivity index (χ0n) is 9.90. The van der Waals surface area contributed by atoms with Crippen LogP contribution >= 0.6 is 0 Å².